The topological polar surface area (TPSA) is 3.24 Å². The van der Waals surface area contributed by atoms with E-state index in [9.17, 15) is 0 Å². The first-order chi connectivity index (χ1) is 35.1. The highest BCUT2D eigenvalue weighted by molar-refractivity contribution is 6.01. The maximum atomic E-state index is 2.53. The van der Waals surface area contributed by atoms with Gasteiger partial charge in [0, 0.05) is 16.8 Å². The van der Waals surface area contributed by atoms with E-state index in [0.717, 1.165) is 17.1 Å². The summed E-state index contributed by atoms with van der Waals surface area (Å²) >= 11 is 0. The zero-order valence-corrected chi connectivity index (χ0v) is 43.9. The van der Waals surface area contributed by atoms with E-state index in [1.807, 2.05) is 0 Å². The van der Waals surface area contributed by atoms with Crippen LogP contribution in [0.2, 0.25) is 0 Å². The predicted molar refractivity (Wildman–Crippen MR) is 309 cm³/mol. The third-order valence-corrected chi connectivity index (χ3v) is 16.3. The first kappa shape index (κ1) is 46.3. The molecular weight excluding hydrogens is 879 g/mol. The molecule has 1 unspecified atom stereocenters. The van der Waals surface area contributed by atoms with Gasteiger partial charge in [0.05, 0.1) is 16.5 Å². The van der Waals surface area contributed by atoms with Crippen LogP contribution in [-0.4, -0.2) is 0 Å². The van der Waals surface area contributed by atoms with E-state index in [2.05, 4.69) is 298 Å². The van der Waals surface area contributed by atoms with Gasteiger partial charge in [-0.1, -0.05) is 263 Å². The van der Waals surface area contributed by atoms with Gasteiger partial charge in [-0.2, -0.15) is 0 Å². The van der Waals surface area contributed by atoms with Crippen molar-refractivity contribution in [3.8, 4) is 22.3 Å². The lowest BCUT2D eigenvalue weighted by Crippen LogP contribution is -2.29. The number of anilines is 3. The summed E-state index contributed by atoms with van der Waals surface area (Å²) in [6.07, 6.45) is 0. The van der Waals surface area contributed by atoms with E-state index < -0.39 is 10.8 Å². The molecule has 0 aromatic heterocycles. The molecule has 0 spiro atoms. The van der Waals surface area contributed by atoms with Gasteiger partial charge in [-0.15, -0.1) is 0 Å². The van der Waals surface area contributed by atoms with Crippen molar-refractivity contribution in [1.82, 2.24) is 0 Å². The highest BCUT2D eigenvalue weighted by Gasteiger charge is 2.48. The Morgan fingerprint density at radius 2 is 0.685 bits per heavy atom. The zero-order valence-electron chi connectivity index (χ0n) is 43.9. The molecule has 0 bridgehead atoms. The van der Waals surface area contributed by atoms with Gasteiger partial charge >= 0.3 is 0 Å². The fourth-order valence-corrected chi connectivity index (χ4v) is 12.6. The molecule has 2 aliphatic rings. The second kappa shape index (κ2) is 16.9. The Labute approximate surface area is 433 Å². The third kappa shape index (κ3) is 7.26. The van der Waals surface area contributed by atoms with Crippen molar-refractivity contribution in [2.45, 2.75) is 89.4 Å². The van der Waals surface area contributed by atoms with Crippen molar-refractivity contribution in [2.24, 2.45) is 0 Å². The summed E-state index contributed by atoms with van der Waals surface area (Å²) in [6, 6.07) is 88.2. The van der Waals surface area contributed by atoms with Gasteiger partial charge < -0.3 is 4.90 Å². The van der Waals surface area contributed by atoms with Crippen LogP contribution in [0.4, 0.5) is 17.1 Å². The second-order valence-electron chi connectivity index (χ2n) is 23.7. The third-order valence-electron chi connectivity index (χ3n) is 16.3. The first-order valence-corrected chi connectivity index (χ1v) is 26.2. The molecule has 2 aliphatic carbocycles. The van der Waals surface area contributed by atoms with Crippen LogP contribution in [0.1, 0.15) is 124 Å². The SMILES string of the molecule is CC(C)(C)c1ccc(C2(c3ccccc3)c3ccccc3-c3cc(N(c4ccc5c(c4)C(c4ccc(C(C)(C)C)cc4)(c4ccc(C(C)(C)C)cc4)c4ccccc4-5)c4cccc5ccccc45)ccc32)cc1. The van der Waals surface area contributed by atoms with Gasteiger partial charge in [0.15, 0.2) is 0 Å². The smallest absolute Gasteiger partial charge is 0.0714 e. The van der Waals surface area contributed by atoms with Crippen LogP contribution >= 0.6 is 0 Å². The van der Waals surface area contributed by atoms with Gasteiger partial charge in [0.1, 0.15) is 0 Å². The molecule has 12 rings (SSSR count). The number of hydrogen-bond donors (Lipinski definition) is 0. The fraction of sp³-hybridized carbons (Fsp3) is 0.194. The molecule has 73 heavy (non-hydrogen) atoms. The molecule has 1 nitrogen and oxygen atoms in total. The molecule has 10 aromatic carbocycles. The van der Waals surface area contributed by atoms with E-state index >= 15 is 0 Å². The van der Waals surface area contributed by atoms with Crippen molar-refractivity contribution < 1.29 is 0 Å². The number of rotatable bonds is 7. The van der Waals surface area contributed by atoms with Gasteiger partial charge in [0.25, 0.3) is 0 Å². The highest BCUT2D eigenvalue weighted by Crippen LogP contribution is 2.60. The molecule has 0 saturated carbocycles. The molecule has 0 amide bonds. The molecule has 1 heteroatoms. The summed E-state index contributed by atoms with van der Waals surface area (Å²) < 4.78 is 0. The maximum absolute atomic E-state index is 2.53. The summed E-state index contributed by atoms with van der Waals surface area (Å²) in [5.41, 5.74) is 21.7. The summed E-state index contributed by atoms with van der Waals surface area (Å²) in [5, 5.41) is 2.41. The highest BCUT2D eigenvalue weighted by atomic mass is 15.1. The Bertz CT molecular complexity index is 3640. The van der Waals surface area contributed by atoms with Crippen LogP contribution in [0.5, 0.6) is 0 Å². The summed E-state index contributed by atoms with van der Waals surface area (Å²) in [6.45, 7) is 20.7. The molecule has 0 radical (unpaired) electrons. The van der Waals surface area contributed by atoms with Crippen LogP contribution in [0, 0.1) is 0 Å². The average molecular weight is 944 g/mol. The van der Waals surface area contributed by atoms with Crippen molar-refractivity contribution in [2.75, 3.05) is 4.90 Å². The summed E-state index contributed by atoms with van der Waals surface area (Å²) in [4.78, 5) is 2.53. The standard InChI is InChI=1S/C72H65N/c1-68(2,3)49-30-36-53(37-31-49)71(52-22-11-10-12-23-52)64-28-18-16-26-60(64)62-46-56(43-45-65(62)71)73(67-29-19-21-48-20-13-14-24-58(48)67)57-42-44-61-59-25-15-17-27-63(59)72(66(61)47-57,54-38-32-50(33-39-54)69(4,5)6)55-40-34-51(35-41-55)70(7,8)9/h10-47H,1-9H3. The average Bonchev–Trinajstić information content (AvgIpc) is 3.86. The van der Waals surface area contributed by atoms with E-state index in [1.165, 1.54) is 94.2 Å². The van der Waals surface area contributed by atoms with E-state index in [-0.39, 0.29) is 16.2 Å². The number of fused-ring (bicyclic) bond motifs is 7. The van der Waals surface area contributed by atoms with Crippen molar-refractivity contribution in [3.63, 3.8) is 0 Å². The van der Waals surface area contributed by atoms with Crippen molar-refractivity contribution in [1.29, 1.82) is 0 Å². The molecule has 0 aliphatic heterocycles. The minimum absolute atomic E-state index is 0.0195. The Morgan fingerprint density at radius 1 is 0.288 bits per heavy atom. The van der Waals surface area contributed by atoms with Crippen LogP contribution in [0.25, 0.3) is 33.0 Å². The number of hydrogen-bond acceptors (Lipinski definition) is 1. The van der Waals surface area contributed by atoms with E-state index in [0.29, 0.717) is 0 Å². The van der Waals surface area contributed by atoms with Gasteiger partial charge in [-0.25, -0.2) is 0 Å². The van der Waals surface area contributed by atoms with Crippen LogP contribution in [0.3, 0.4) is 0 Å². The molecular formula is C72H65N. The molecule has 0 heterocycles. The Morgan fingerprint density at radius 3 is 1.23 bits per heavy atom. The number of benzene rings is 10. The van der Waals surface area contributed by atoms with E-state index in [4.69, 9.17) is 0 Å². The van der Waals surface area contributed by atoms with Crippen LogP contribution < -0.4 is 4.90 Å². The predicted octanol–water partition coefficient (Wildman–Crippen LogP) is 18.9. The molecule has 10 aromatic rings. The Balaban J connectivity index is 1.13. The minimum atomic E-state index is -0.589. The van der Waals surface area contributed by atoms with Crippen molar-refractivity contribution in [3.05, 3.63) is 292 Å². The molecule has 0 N–H and O–H groups in total. The monoisotopic (exact) mass is 944 g/mol. The number of nitrogens with zero attached hydrogens (tertiary/aromatic N) is 1. The Hall–Kier alpha value is -7.74. The fourth-order valence-electron chi connectivity index (χ4n) is 12.6. The second-order valence-corrected chi connectivity index (χ2v) is 23.7. The Kier molecular flexibility index (Phi) is 10.7. The molecule has 1 atom stereocenters. The molecule has 0 fully saturated rings. The molecule has 0 saturated heterocycles. The minimum Gasteiger partial charge on any atom is -0.310 e. The summed E-state index contributed by atoms with van der Waals surface area (Å²) in [7, 11) is 0. The maximum Gasteiger partial charge on any atom is 0.0714 e. The first-order valence-electron chi connectivity index (χ1n) is 26.2. The van der Waals surface area contributed by atoms with Crippen molar-refractivity contribution >= 4 is 27.8 Å². The quantitative estimate of drug-likeness (QED) is 0.154. The summed E-state index contributed by atoms with van der Waals surface area (Å²) in [5.74, 6) is 0. The normalized spacial score (nSPS) is 15.6. The lowest BCUT2D eigenvalue weighted by molar-refractivity contribution is 0.588. The zero-order chi connectivity index (χ0) is 50.5. The lowest BCUT2D eigenvalue weighted by atomic mass is 9.67. The van der Waals surface area contributed by atoms with Gasteiger partial charge in [-0.05, 0) is 135 Å². The van der Waals surface area contributed by atoms with E-state index in [1.54, 1.807) is 0 Å². The molecule has 358 valence electrons. The van der Waals surface area contributed by atoms with Crippen LogP contribution in [-0.2, 0) is 27.1 Å². The van der Waals surface area contributed by atoms with Gasteiger partial charge in [0.2, 0.25) is 0 Å². The largest absolute Gasteiger partial charge is 0.310 e. The van der Waals surface area contributed by atoms with Gasteiger partial charge in [-0.3, -0.25) is 0 Å². The lowest BCUT2D eigenvalue weighted by Gasteiger charge is -2.36. The van der Waals surface area contributed by atoms with Crippen LogP contribution in [0.15, 0.2) is 231 Å².